The van der Waals surface area contributed by atoms with Crippen molar-refractivity contribution in [2.24, 2.45) is 7.05 Å². The highest BCUT2D eigenvalue weighted by atomic mass is 15.2. The lowest BCUT2D eigenvalue weighted by molar-refractivity contribution is 0.768. The van der Waals surface area contributed by atoms with Crippen molar-refractivity contribution < 1.29 is 0 Å². The minimum absolute atomic E-state index is 0.919. The normalized spacial score (nSPS) is 11.1. The second-order valence-electron chi connectivity index (χ2n) is 5.82. The Bertz CT molecular complexity index is 1050. The fourth-order valence-corrected chi connectivity index (χ4v) is 2.85. The summed E-state index contributed by atoms with van der Waals surface area (Å²) in [6.07, 6.45) is 9.55. The zero-order chi connectivity index (χ0) is 16.7. The van der Waals surface area contributed by atoms with Crippen molar-refractivity contribution in [1.82, 2.24) is 24.1 Å². The van der Waals surface area contributed by atoms with Crippen LogP contribution in [0.25, 0.3) is 22.5 Å². The number of aryl methyl sites for hydroxylation is 2. The smallest absolute Gasteiger partial charge is 0.136 e. The van der Waals surface area contributed by atoms with Crippen LogP contribution in [0.5, 0.6) is 0 Å². The second-order valence-corrected chi connectivity index (χ2v) is 5.82. The third kappa shape index (κ3) is 2.40. The molecular weight excluding hydrogens is 298 g/mol. The number of rotatable bonds is 3. The van der Waals surface area contributed by atoms with Crippen LogP contribution >= 0.6 is 0 Å². The number of hydrogen-bond acceptors (Lipinski definition) is 3. The zero-order valence-corrected chi connectivity index (χ0v) is 13.6. The summed E-state index contributed by atoms with van der Waals surface area (Å²) in [5.74, 6) is 0. The lowest BCUT2D eigenvalue weighted by Crippen LogP contribution is -1.96. The molecule has 0 fully saturated rings. The maximum absolute atomic E-state index is 4.72. The molecule has 0 amide bonds. The van der Waals surface area contributed by atoms with Crippen molar-refractivity contribution in [2.75, 3.05) is 0 Å². The summed E-state index contributed by atoms with van der Waals surface area (Å²) < 4.78 is 3.77. The van der Waals surface area contributed by atoms with Crippen molar-refractivity contribution >= 4 is 11.2 Å². The average Bonchev–Trinajstić information content (AvgIpc) is 3.22. The number of aromatic nitrogens is 5. The van der Waals surface area contributed by atoms with E-state index in [0.717, 1.165) is 39.3 Å². The zero-order valence-electron chi connectivity index (χ0n) is 13.6. The highest BCUT2D eigenvalue weighted by molar-refractivity contribution is 5.80. The first kappa shape index (κ1) is 14.4. The minimum Gasteiger partial charge on any atom is -0.306 e. The molecule has 4 rings (SSSR count). The monoisotopic (exact) mass is 315 g/mol. The molecule has 0 saturated heterocycles. The van der Waals surface area contributed by atoms with E-state index in [2.05, 4.69) is 22.7 Å². The number of hydrogen-bond donors (Lipinski definition) is 0. The Kier molecular flexibility index (Phi) is 3.27. The highest BCUT2D eigenvalue weighted by Crippen LogP contribution is 2.26. The molecule has 24 heavy (non-hydrogen) atoms. The van der Waals surface area contributed by atoms with Crippen LogP contribution in [0.1, 0.15) is 16.8 Å². The first-order chi connectivity index (χ1) is 11.6. The van der Waals surface area contributed by atoms with Crippen LogP contribution in [0.4, 0.5) is 0 Å². The van der Waals surface area contributed by atoms with Crippen LogP contribution in [-0.4, -0.2) is 24.1 Å². The Labute approximate surface area is 139 Å². The van der Waals surface area contributed by atoms with Crippen LogP contribution in [0, 0.1) is 6.92 Å². The van der Waals surface area contributed by atoms with Crippen LogP contribution in [0.3, 0.4) is 0 Å². The molecular formula is C19H17N5. The molecule has 0 aromatic carbocycles. The van der Waals surface area contributed by atoms with Crippen molar-refractivity contribution in [1.29, 1.82) is 0 Å². The number of fused-ring (bicyclic) bond motifs is 1. The van der Waals surface area contributed by atoms with Crippen molar-refractivity contribution in [3.63, 3.8) is 0 Å². The predicted octanol–water partition coefficient (Wildman–Crippen LogP) is 3.50. The fraction of sp³-hybridized carbons (Fsp3) is 0.105. The molecule has 4 heterocycles. The van der Waals surface area contributed by atoms with Crippen LogP contribution in [0.15, 0.2) is 61.8 Å². The molecule has 0 N–H and O–H groups in total. The van der Waals surface area contributed by atoms with Gasteiger partial charge in [0, 0.05) is 48.7 Å². The summed E-state index contributed by atoms with van der Waals surface area (Å²) in [6, 6.07) is 8.12. The lowest BCUT2D eigenvalue weighted by atomic mass is 9.99. The van der Waals surface area contributed by atoms with E-state index in [4.69, 9.17) is 4.98 Å². The summed E-state index contributed by atoms with van der Waals surface area (Å²) in [4.78, 5) is 8.99. The second kappa shape index (κ2) is 5.45. The first-order valence-electron chi connectivity index (χ1n) is 7.71. The van der Waals surface area contributed by atoms with Crippen molar-refractivity contribution in [3.8, 4) is 11.3 Å². The van der Waals surface area contributed by atoms with Gasteiger partial charge in [-0.2, -0.15) is 5.10 Å². The first-order valence-corrected chi connectivity index (χ1v) is 7.71. The summed E-state index contributed by atoms with van der Waals surface area (Å²) in [5.41, 5.74) is 6.86. The van der Waals surface area contributed by atoms with Gasteiger partial charge in [-0.15, -0.1) is 0 Å². The summed E-state index contributed by atoms with van der Waals surface area (Å²) >= 11 is 0. The van der Waals surface area contributed by atoms with E-state index in [1.165, 1.54) is 0 Å². The van der Waals surface area contributed by atoms with Crippen molar-refractivity contribution in [2.45, 2.75) is 6.92 Å². The number of nitrogens with zero attached hydrogens (tertiary/aromatic N) is 5. The van der Waals surface area contributed by atoms with Gasteiger partial charge in [-0.3, -0.25) is 9.67 Å². The maximum Gasteiger partial charge on any atom is 0.136 e. The molecule has 0 unspecified atom stereocenters. The Balaban J connectivity index is 1.71. The number of pyridine rings is 2. The average molecular weight is 315 g/mol. The van der Waals surface area contributed by atoms with E-state index >= 15 is 0 Å². The van der Waals surface area contributed by atoms with Gasteiger partial charge in [0.25, 0.3) is 0 Å². The van der Waals surface area contributed by atoms with Crippen LogP contribution < -0.4 is 0 Å². The largest absolute Gasteiger partial charge is 0.306 e. The Hall–Kier alpha value is -3.21. The fourth-order valence-electron chi connectivity index (χ4n) is 2.85. The Morgan fingerprint density at radius 1 is 1.12 bits per heavy atom. The van der Waals surface area contributed by atoms with Gasteiger partial charge < -0.3 is 4.40 Å². The topological polar surface area (TPSA) is 48.0 Å². The molecule has 0 aliphatic carbocycles. The van der Waals surface area contributed by atoms with Gasteiger partial charge in [0.1, 0.15) is 5.65 Å². The molecule has 0 radical (unpaired) electrons. The summed E-state index contributed by atoms with van der Waals surface area (Å²) in [6.45, 7) is 6.27. The molecule has 4 aromatic rings. The minimum atomic E-state index is 0.919. The molecule has 0 saturated carbocycles. The molecule has 5 heteroatoms. The third-order valence-corrected chi connectivity index (χ3v) is 4.15. The summed E-state index contributed by atoms with van der Waals surface area (Å²) in [7, 11) is 1.90. The number of imidazole rings is 1. The molecule has 0 aliphatic heterocycles. The van der Waals surface area contributed by atoms with Gasteiger partial charge in [-0.25, -0.2) is 4.98 Å². The van der Waals surface area contributed by atoms with Gasteiger partial charge >= 0.3 is 0 Å². The standard InChI is InChI=1S/C19H17N5/c1-13(15-4-7-19-20-8-9-24(19)12-15)17-5-6-18(22-14(17)2)16-10-21-23(3)11-16/h4-12H,1H2,2-3H3. The van der Waals surface area contributed by atoms with E-state index in [-0.39, 0.29) is 0 Å². The van der Waals surface area contributed by atoms with E-state index in [1.54, 1.807) is 10.9 Å². The van der Waals surface area contributed by atoms with Gasteiger partial charge in [-0.05, 0) is 36.3 Å². The molecule has 0 spiro atoms. The van der Waals surface area contributed by atoms with Gasteiger partial charge in [0.05, 0.1) is 11.9 Å². The lowest BCUT2D eigenvalue weighted by Gasteiger charge is -2.11. The highest BCUT2D eigenvalue weighted by Gasteiger charge is 2.10. The van der Waals surface area contributed by atoms with Crippen molar-refractivity contribution in [3.05, 3.63) is 78.6 Å². The maximum atomic E-state index is 4.72. The Morgan fingerprint density at radius 2 is 2.00 bits per heavy atom. The molecule has 4 aromatic heterocycles. The van der Waals surface area contributed by atoms with Gasteiger partial charge in [0.15, 0.2) is 0 Å². The molecule has 0 bridgehead atoms. The molecule has 5 nitrogen and oxygen atoms in total. The summed E-state index contributed by atoms with van der Waals surface area (Å²) in [5, 5.41) is 4.20. The molecule has 0 aliphatic rings. The van der Waals surface area contributed by atoms with E-state index < -0.39 is 0 Å². The van der Waals surface area contributed by atoms with E-state index in [0.29, 0.717) is 0 Å². The van der Waals surface area contributed by atoms with Crippen LogP contribution in [0.2, 0.25) is 0 Å². The van der Waals surface area contributed by atoms with Crippen LogP contribution in [-0.2, 0) is 7.05 Å². The van der Waals surface area contributed by atoms with Gasteiger partial charge in [0.2, 0.25) is 0 Å². The Morgan fingerprint density at radius 3 is 2.75 bits per heavy atom. The van der Waals surface area contributed by atoms with E-state index in [9.17, 15) is 0 Å². The molecule has 118 valence electrons. The van der Waals surface area contributed by atoms with Gasteiger partial charge in [-0.1, -0.05) is 12.6 Å². The SMILES string of the molecule is C=C(c1ccc2nccn2c1)c1ccc(-c2cnn(C)c2)nc1C. The predicted molar refractivity (Wildman–Crippen MR) is 94.5 cm³/mol. The van der Waals surface area contributed by atoms with E-state index in [1.807, 2.05) is 61.4 Å². The quantitative estimate of drug-likeness (QED) is 0.581. The molecule has 0 atom stereocenters. The third-order valence-electron chi connectivity index (χ3n) is 4.15.